The molecule has 0 aliphatic heterocycles. The molecule has 2 heterocycles. The van der Waals surface area contributed by atoms with Gasteiger partial charge in [-0.25, -0.2) is 4.79 Å². The molecule has 0 saturated heterocycles. The number of H-pyrrole nitrogens is 1. The molecule has 10 nitrogen and oxygen atoms in total. The average Bonchev–Trinajstić information content (AvgIpc) is 3.25. The summed E-state index contributed by atoms with van der Waals surface area (Å²) in [6.45, 7) is 3.01. The van der Waals surface area contributed by atoms with Crippen molar-refractivity contribution in [1.29, 1.82) is 0 Å². The van der Waals surface area contributed by atoms with E-state index in [1.165, 1.54) is 20.2 Å². The molecule has 2 aromatic heterocycles. The molecular weight excluding hydrogens is 428 g/mol. The van der Waals surface area contributed by atoms with Gasteiger partial charge in [-0.3, -0.25) is 9.59 Å². The van der Waals surface area contributed by atoms with Gasteiger partial charge in [-0.2, -0.15) is 4.98 Å². The van der Waals surface area contributed by atoms with Crippen molar-refractivity contribution in [2.75, 3.05) is 33.4 Å². The fourth-order valence-corrected chi connectivity index (χ4v) is 3.11. The molecule has 174 valence electrons. The van der Waals surface area contributed by atoms with E-state index in [1.54, 1.807) is 24.3 Å². The first-order chi connectivity index (χ1) is 16.0. The molecule has 0 radical (unpaired) electrons. The quantitative estimate of drug-likeness (QED) is 0.163. The normalized spacial score (nSPS) is 10.6. The Bertz CT molecular complexity index is 1130. The summed E-state index contributed by atoms with van der Waals surface area (Å²) in [6, 6.07) is 10.7. The lowest BCUT2D eigenvalue weighted by Gasteiger charge is -2.11. The number of carbonyl (C=O) groups is 3. The van der Waals surface area contributed by atoms with Crippen LogP contribution in [0.1, 0.15) is 22.8 Å². The zero-order valence-corrected chi connectivity index (χ0v) is 18.5. The van der Waals surface area contributed by atoms with Gasteiger partial charge in [0.05, 0.1) is 12.7 Å². The van der Waals surface area contributed by atoms with E-state index in [0.29, 0.717) is 36.8 Å². The maximum atomic E-state index is 12.4. The molecule has 10 heteroatoms. The number of aromatic nitrogens is 2. The van der Waals surface area contributed by atoms with Crippen LogP contribution in [0.3, 0.4) is 0 Å². The van der Waals surface area contributed by atoms with E-state index in [9.17, 15) is 14.4 Å². The highest BCUT2D eigenvalue weighted by atomic mass is 16.6. The number of fused-ring (bicyclic) bond motifs is 1. The minimum absolute atomic E-state index is 0.0252. The number of hydrogen-bond acceptors (Lipinski definition) is 8. The first-order valence-corrected chi connectivity index (χ1v) is 10.4. The first kappa shape index (κ1) is 23.7. The molecule has 1 aromatic carbocycles. The molecule has 0 spiro atoms. The van der Waals surface area contributed by atoms with E-state index >= 15 is 0 Å². The van der Waals surface area contributed by atoms with Gasteiger partial charge in [0.25, 0.3) is 5.78 Å². The summed E-state index contributed by atoms with van der Waals surface area (Å²) in [5.74, 6) is -1.05. The van der Waals surface area contributed by atoms with Crippen LogP contribution in [0, 0.1) is 0 Å². The number of pyridine rings is 1. The van der Waals surface area contributed by atoms with Crippen molar-refractivity contribution in [3.8, 4) is 11.8 Å². The number of amides is 1. The van der Waals surface area contributed by atoms with Gasteiger partial charge in [-0.15, -0.1) is 0 Å². The number of hydrogen-bond donors (Lipinski definition) is 3. The van der Waals surface area contributed by atoms with Crippen LogP contribution in [0.25, 0.3) is 10.9 Å². The number of methoxy groups -OCH3 is 1. The molecule has 3 aromatic rings. The Labute approximate surface area is 190 Å². The van der Waals surface area contributed by atoms with Crippen molar-refractivity contribution in [1.82, 2.24) is 20.6 Å². The number of ketones is 1. The fourth-order valence-electron chi connectivity index (χ4n) is 3.11. The van der Waals surface area contributed by atoms with Crippen molar-refractivity contribution in [3.05, 3.63) is 53.7 Å². The predicted octanol–water partition coefficient (Wildman–Crippen LogP) is 1.60. The van der Waals surface area contributed by atoms with Gasteiger partial charge in [-0.1, -0.05) is 18.2 Å². The van der Waals surface area contributed by atoms with Crippen LogP contribution in [-0.2, 0) is 20.9 Å². The highest BCUT2D eigenvalue weighted by molar-refractivity contribution is 6.42. The van der Waals surface area contributed by atoms with Crippen LogP contribution >= 0.6 is 0 Å². The van der Waals surface area contributed by atoms with Gasteiger partial charge in [0.1, 0.15) is 13.2 Å². The van der Waals surface area contributed by atoms with Crippen LogP contribution < -0.4 is 20.1 Å². The van der Waals surface area contributed by atoms with Crippen molar-refractivity contribution in [2.45, 2.75) is 13.5 Å². The maximum Gasteiger partial charge on any atom is 0.379 e. The van der Waals surface area contributed by atoms with Crippen LogP contribution in [0.15, 0.2) is 42.6 Å². The zero-order chi connectivity index (χ0) is 23.6. The lowest BCUT2D eigenvalue weighted by Crippen LogP contribution is -2.30. The number of rotatable bonds is 12. The molecule has 3 N–H and O–H groups in total. The molecule has 0 aliphatic rings. The van der Waals surface area contributed by atoms with Crippen LogP contribution in [0.5, 0.6) is 11.8 Å². The number of esters is 1. The van der Waals surface area contributed by atoms with Crippen molar-refractivity contribution < 1.29 is 28.6 Å². The second kappa shape index (κ2) is 11.6. The third kappa shape index (κ3) is 6.53. The van der Waals surface area contributed by atoms with E-state index in [0.717, 1.165) is 11.1 Å². The smallest absolute Gasteiger partial charge is 0.379 e. The number of nitrogens with one attached hydrogen (secondary N) is 3. The average molecular weight is 454 g/mol. The Morgan fingerprint density at radius 1 is 1.06 bits per heavy atom. The number of nitrogens with zero attached hydrogens (tertiary/aromatic N) is 1. The number of carbonyl (C=O) groups excluding carboxylic acids is 3. The number of aromatic amines is 1. The molecule has 0 bridgehead atoms. The summed E-state index contributed by atoms with van der Waals surface area (Å²) >= 11 is 0. The van der Waals surface area contributed by atoms with Gasteiger partial charge in [0.15, 0.2) is 0 Å². The standard InChI is InChI=1S/C23H26N4O6/c1-15(28)25-10-9-24-13-16-7-8-20(27-22(16)31-2)32-11-12-33-23(30)21(29)18-14-26-19-6-4-3-5-17(18)19/h3-8,14,24,26H,9-13H2,1-2H3,(H,25,28). The molecule has 1 amide bonds. The van der Waals surface area contributed by atoms with Gasteiger partial charge in [0, 0.05) is 55.3 Å². The fraction of sp³-hybridized carbons (Fsp3) is 0.304. The van der Waals surface area contributed by atoms with Crippen LogP contribution in [-0.4, -0.2) is 61.0 Å². The van der Waals surface area contributed by atoms with Gasteiger partial charge in [-0.05, 0) is 12.1 Å². The Kier molecular flexibility index (Phi) is 8.36. The van der Waals surface area contributed by atoms with E-state index in [-0.39, 0.29) is 24.7 Å². The highest BCUT2D eigenvalue weighted by Crippen LogP contribution is 2.20. The molecule has 0 atom stereocenters. The molecular formula is C23H26N4O6. The molecule has 0 saturated carbocycles. The highest BCUT2D eigenvalue weighted by Gasteiger charge is 2.21. The number of benzene rings is 1. The number of para-hydroxylation sites is 1. The van der Waals surface area contributed by atoms with E-state index in [1.807, 2.05) is 12.1 Å². The zero-order valence-electron chi connectivity index (χ0n) is 18.5. The SMILES string of the molecule is COc1nc(OCCOC(=O)C(=O)c2c[nH]c3ccccc23)ccc1CNCCNC(C)=O. The Morgan fingerprint density at radius 3 is 2.67 bits per heavy atom. The summed E-state index contributed by atoms with van der Waals surface area (Å²) in [5.41, 5.74) is 1.86. The molecule has 33 heavy (non-hydrogen) atoms. The van der Waals surface area contributed by atoms with E-state index in [2.05, 4.69) is 20.6 Å². The molecule has 0 aliphatic carbocycles. The van der Waals surface area contributed by atoms with Crippen LogP contribution in [0.4, 0.5) is 0 Å². The summed E-state index contributed by atoms with van der Waals surface area (Å²) in [5, 5.41) is 6.55. The minimum Gasteiger partial charge on any atom is -0.481 e. The second-order valence-electron chi connectivity index (χ2n) is 7.04. The summed E-state index contributed by atoms with van der Waals surface area (Å²) in [4.78, 5) is 42.6. The topological polar surface area (TPSA) is 132 Å². The van der Waals surface area contributed by atoms with Crippen molar-refractivity contribution in [3.63, 3.8) is 0 Å². The molecule has 3 rings (SSSR count). The van der Waals surface area contributed by atoms with Gasteiger partial charge in [0.2, 0.25) is 17.7 Å². The summed E-state index contributed by atoms with van der Waals surface area (Å²) in [7, 11) is 1.50. The van der Waals surface area contributed by atoms with Gasteiger partial charge < -0.3 is 29.8 Å². The molecule has 0 fully saturated rings. The van der Waals surface area contributed by atoms with Crippen molar-refractivity contribution in [2.24, 2.45) is 0 Å². The lowest BCUT2D eigenvalue weighted by molar-refractivity contribution is -0.138. The molecule has 0 unspecified atom stereocenters. The summed E-state index contributed by atoms with van der Waals surface area (Å²) < 4.78 is 15.9. The Morgan fingerprint density at radius 2 is 1.88 bits per heavy atom. The van der Waals surface area contributed by atoms with Crippen LogP contribution in [0.2, 0.25) is 0 Å². The minimum atomic E-state index is -0.949. The first-order valence-electron chi connectivity index (χ1n) is 10.4. The lowest BCUT2D eigenvalue weighted by atomic mass is 10.1. The van der Waals surface area contributed by atoms with Gasteiger partial charge >= 0.3 is 5.97 Å². The predicted molar refractivity (Wildman–Crippen MR) is 120 cm³/mol. The Hall–Kier alpha value is -3.92. The maximum absolute atomic E-state index is 12.4. The Balaban J connectivity index is 1.44. The third-order valence-corrected chi connectivity index (χ3v) is 4.68. The summed E-state index contributed by atoms with van der Waals surface area (Å²) in [6.07, 6.45) is 1.50. The largest absolute Gasteiger partial charge is 0.481 e. The van der Waals surface area contributed by atoms with E-state index in [4.69, 9.17) is 14.2 Å². The number of Topliss-reactive ketones (excluding diaryl/α,β-unsaturated/α-hetero) is 1. The number of ether oxygens (including phenoxy) is 3. The monoisotopic (exact) mass is 454 g/mol. The second-order valence-corrected chi connectivity index (χ2v) is 7.04. The van der Waals surface area contributed by atoms with Crippen molar-refractivity contribution >= 4 is 28.6 Å². The third-order valence-electron chi connectivity index (χ3n) is 4.68. The van der Waals surface area contributed by atoms with E-state index < -0.39 is 11.8 Å².